The van der Waals surface area contributed by atoms with E-state index < -0.39 is 10.0 Å². The molecular formula is C17H32N2O3S. The number of hydrogen-bond donors (Lipinski definition) is 1. The van der Waals surface area contributed by atoms with Crippen molar-refractivity contribution in [2.75, 3.05) is 18.8 Å². The van der Waals surface area contributed by atoms with Crippen molar-refractivity contribution in [2.24, 2.45) is 17.8 Å². The van der Waals surface area contributed by atoms with Gasteiger partial charge < -0.3 is 5.32 Å². The summed E-state index contributed by atoms with van der Waals surface area (Å²) in [5.41, 5.74) is 0. The first-order chi connectivity index (χ1) is 10.8. The standard InChI is InChI=1S/C17H32N2O3S/c1-4-11-23(21,22)19-10-6-8-15(12-19)17(20)18-16-9-5-7-13(2)14(16)3/h13-16H,4-12H2,1-3H3,(H,18,20)/t13-,14-,15-,16+/m0/s1. The van der Waals surface area contributed by atoms with Crippen LogP contribution in [0.15, 0.2) is 0 Å². The number of nitrogens with one attached hydrogen (secondary N) is 1. The SMILES string of the molecule is CCCS(=O)(=O)N1CCC[C@H](C(=O)N[C@@H]2CCC[C@H](C)[C@@H]2C)C1. The molecule has 1 heterocycles. The Morgan fingerprint density at radius 2 is 1.91 bits per heavy atom. The fourth-order valence-corrected chi connectivity index (χ4v) is 5.47. The minimum absolute atomic E-state index is 0.0485. The summed E-state index contributed by atoms with van der Waals surface area (Å²) in [5.74, 6) is 1.17. The number of carbonyl (C=O) groups is 1. The summed E-state index contributed by atoms with van der Waals surface area (Å²) >= 11 is 0. The van der Waals surface area contributed by atoms with Crippen molar-refractivity contribution >= 4 is 15.9 Å². The average molecular weight is 345 g/mol. The van der Waals surface area contributed by atoms with E-state index >= 15 is 0 Å². The van der Waals surface area contributed by atoms with Crippen molar-refractivity contribution < 1.29 is 13.2 Å². The molecule has 0 radical (unpaired) electrons. The molecule has 0 aromatic heterocycles. The maximum atomic E-state index is 12.6. The molecule has 0 aromatic rings. The highest BCUT2D eigenvalue weighted by Crippen LogP contribution is 2.30. The predicted molar refractivity (Wildman–Crippen MR) is 92.5 cm³/mol. The van der Waals surface area contributed by atoms with Crippen LogP contribution in [-0.4, -0.2) is 43.5 Å². The number of nitrogens with zero attached hydrogens (tertiary/aromatic N) is 1. The van der Waals surface area contributed by atoms with Gasteiger partial charge >= 0.3 is 0 Å². The van der Waals surface area contributed by atoms with Crippen LogP contribution in [-0.2, 0) is 14.8 Å². The first kappa shape index (κ1) is 18.7. The fraction of sp³-hybridized carbons (Fsp3) is 0.941. The van der Waals surface area contributed by atoms with E-state index in [0.717, 1.165) is 25.7 Å². The summed E-state index contributed by atoms with van der Waals surface area (Å²) in [6, 6.07) is 0.244. The zero-order valence-corrected chi connectivity index (χ0v) is 15.6. The van der Waals surface area contributed by atoms with Gasteiger partial charge in [-0.3, -0.25) is 4.79 Å². The zero-order valence-electron chi connectivity index (χ0n) is 14.8. The number of rotatable bonds is 5. The lowest BCUT2D eigenvalue weighted by molar-refractivity contribution is -0.127. The Bertz CT molecular complexity index is 506. The monoisotopic (exact) mass is 344 g/mol. The smallest absolute Gasteiger partial charge is 0.224 e. The summed E-state index contributed by atoms with van der Waals surface area (Å²) in [7, 11) is -3.20. The highest BCUT2D eigenvalue weighted by Gasteiger charge is 2.34. The second-order valence-electron chi connectivity index (χ2n) is 7.40. The van der Waals surface area contributed by atoms with Crippen molar-refractivity contribution in [1.82, 2.24) is 9.62 Å². The van der Waals surface area contributed by atoms with E-state index in [2.05, 4.69) is 19.2 Å². The van der Waals surface area contributed by atoms with Gasteiger partial charge in [-0.15, -0.1) is 0 Å². The van der Waals surface area contributed by atoms with Crippen LogP contribution >= 0.6 is 0 Å². The lowest BCUT2D eigenvalue weighted by Gasteiger charge is -2.37. The Labute approximate surface area is 141 Å². The average Bonchev–Trinajstić information content (AvgIpc) is 2.52. The zero-order chi connectivity index (χ0) is 17.0. The Hall–Kier alpha value is -0.620. The summed E-state index contributed by atoms with van der Waals surface area (Å²) < 4.78 is 26.0. The molecule has 6 heteroatoms. The van der Waals surface area contributed by atoms with Crippen LogP contribution in [0.3, 0.4) is 0 Å². The summed E-state index contributed by atoms with van der Waals surface area (Å²) in [4.78, 5) is 12.6. The molecule has 1 aliphatic carbocycles. The minimum Gasteiger partial charge on any atom is -0.353 e. The van der Waals surface area contributed by atoms with Crippen LogP contribution in [0.25, 0.3) is 0 Å². The van der Waals surface area contributed by atoms with Gasteiger partial charge in [0.2, 0.25) is 15.9 Å². The van der Waals surface area contributed by atoms with Gasteiger partial charge in [0.05, 0.1) is 11.7 Å². The molecule has 134 valence electrons. The first-order valence-corrected chi connectivity index (χ1v) is 10.7. The molecule has 0 bridgehead atoms. The second kappa shape index (κ2) is 7.97. The Morgan fingerprint density at radius 1 is 1.17 bits per heavy atom. The lowest BCUT2D eigenvalue weighted by Crippen LogP contribution is -2.50. The third kappa shape index (κ3) is 4.69. The molecule has 1 aliphatic heterocycles. The Balaban J connectivity index is 1.94. The van der Waals surface area contributed by atoms with E-state index in [4.69, 9.17) is 0 Å². The molecule has 1 amide bonds. The van der Waals surface area contributed by atoms with Gasteiger partial charge in [-0.05, 0) is 37.5 Å². The predicted octanol–water partition coefficient (Wildman–Crippen LogP) is 2.38. The quantitative estimate of drug-likeness (QED) is 0.833. The maximum absolute atomic E-state index is 12.6. The van der Waals surface area contributed by atoms with Gasteiger partial charge in [-0.2, -0.15) is 0 Å². The number of sulfonamides is 1. The fourth-order valence-electron chi connectivity index (χ4n) is 3.88. The number of carbonyl (C=O) groups excluding carboxylic acids is 1. The molecule has 1 saturated heterocycles. The topological polar surface area (TPSA) is 66.5 Å². The normalized spacial score (nSPS) is 33.3. The van der Waals surface area contributed by atoms with E-state index in [1.165, 1.54) is 10.7 Å². The molecular weight excluding hydrogens is 312 g/mol. The molecule has 0 spiro atoms. The van der Waals surface area contributed by atoms with Crippen LogP contribution in [0.5, 0.6) is 0 Å². The molecule has 2 fully saturated rings. The highest BCUT2D eigenvalue weighted by atomic mass is 32.2. The van der Waals surface area contributed by atoms with Crippen LogP contribution < -0.4 is 5.32 Å². The van der Waals surface area contributed by atoms with Crippen molar-refractivity contribution in [3.05, 3.63) is 0 Å². The molecule has 0 unspecified atom stereocenters. The van der Waals surface area contributed by atoms with Crippen LogP contribution in [0.4, 0.5) is 0 Å². The highest BCUT2D eigenvalue weighted by molar-refractivity contribution is 7.89. The molecule has 2 aliphatic rings. The van der Waals surface area contributed by atoms with Crippen molar-refractivity contribution in [3.63, 3.8) is 0 Å². The van der Waals surface area contributed by atoms with Crippen LogP contribution in [0.2, 0.25) is 0 Å². The first-order valence-electron chi connectivity index (χ1n) is 9.13. The van der Waals surface area contributed by atoms with Crippen molar-refractivity contribution in [1.29, 1.82) is 0 Å². The van der Waals surface area contributed by atoms with E-state index in [0.29, 0.717) is 31.3 Å². The number of amides is 1. The van der Waals surface area contributed by atoms with E-state index in [1.807, 2.05) is 6.92 Å². The second-order valence-corrected chi connectivity index (χ2v) is 9.48. The largest absolute Gasteiger partial charge is 0.353 e. The molecule has 2 rings (SSSR count). The van der Waals surface area contributed by atoms with Crippen LogP contribution in [0.1, 0.15) is 59.3 Å². The van der Waals surface area contributed by atoms with E-state index in [-0.39, 0.29) is 23.6 Å². The van der Waals surface area contributed by atoms with Gasteiger partial charge in [-0.25, -0.2) is 12.7 Å². The molecule has 5 nitrogen and oxygen atoms in total. The summed E-state index contributed by atoms with van der Waals surface area (Å²) in [6.07, 6.45) is 5.63. The lowest BCUT2D eigenvalue weighted by atomic mass is 9.78. The van der Waals surface area contributed by atoms with Crippen molar-refractivity contribution in [3.8, 4) is 0 Å². The molecule has 4 atom stereocenters. The van der Waals surface area contributed by atoms with Gasteiger partial charge in [0.25, 0.3) is 0 Å². The van der Waals surface area contributed by atoms with Crippen molar-refractivity contribution in [2.45, 2.75) is 65.3 Å². The Morgan fingerprint density at radius 3 is 2.61 bits per heavy atom. The molecule has 23 heavy (non-hydrogen) atoms. The maximum Gasteiger partial charge on any atom is 0.224 e. The molecule has 1 saturated carbocycles. The van der Waals surface area contributed by atoms with E-state index in [1.54, 1.807) is 0 Å². The van der Waals surface area contributed by atoms with Gasteiger partial charge in [0.15, 0.2) is 0 Å². The molecule has 0 aromatic carbocycles. The molecule has 1 N–H and O–H groups in total. The third-order valence-electron chi connectivity index (χ3n) is 5.64. The van der Waals surface area contributed by atoms with Gasteiger partial charge in [-0.1, -0.05) is 33.6 Å². The minimum atomic E-state index is -3.20. The number of piperidine rings is 1. The van der Waals surface area contributed by atoms with Gasteiger partial charge in [0.1, 0.15) is 0 Å². The number of hydrogen-bond acceptors (Lipinski definition) is 3. The third-order valence-corrected chi connectivity index (χ3v) is 7.69. The van der Waals surface area contributed by atoms with Gasteiger partial charge in [0, 0.05) is 19.1 Å². The Kier molecular flexibility index (Phi) is 6.48. The van der Waals surface area contributed by atoms with Crippen LogP contribution in [0, 0.1) is 17.8 Å². The summed E-state index contributed by atoms with van der Waals surface area (Å²) in [6.45, 7) is 7.25. The summed E-state index contributed by atoms with van der Waals surface area (Å²) in [5, 5.41) is 3.21. The van der Waals surface area contributed by atoms with E-state index in [9.17, 15) is 13.2 Å².